The molecule has 0 aromatic carbocycles. The lowest BCUT2D eigenvalue weighted by Crippen LogP contribution is -2.17. The van der Waals surface area contributed by atoms with Gasteiger partial charge in [0, 0.05) is 22.8 Å². The number of rotatable bonds is 6. The molecule has 0 heterocycles. The molecule has 0 aliphatic carbocycles. The zero-order chi connectivity index (χ0) is 16.6. The van der Waals surface area contributed by atoms with Crippen LogP contribution in [0.4, 0.5) is 0 Å². The molecule has 0 aliphatic rings. The first-order valence-electron chi connectivity index (χ1n) is 6.23. The summed E-state index contributed by atoms with van der Waals surface area (Å²) in [5.41, 5.74) is 0.0414. The molecule has 0 aromatic heterocycles. The van der Waals surface area contributed by atoms with Gasteiger partial charge in [0.15, 0.2) is 0 Å². The summed E-state index contributed by atoms with van der Waals surface area (Å²) in [4.78, 5) is 45.7. The molecule has 6 nitrogen and oxygen atoms in total. The first-order chi connectivity index (χ1) is 9.68. The Morgan fingerprint density at radius 3 is 1.81 bits per heavy atom. The van der Waals surface area contributed by atoms with Gasteiger partial charge in [-0.05, 0) is 20.3 Å². The maximum Gasteiger partial charge on any atom is 0.342 e. The van der Waals surface area contributed by atoms with E-state index in [2.05, 4.69) is 22.6 Å². The third-order valence-electron chi connectivity index (χ3n) is 2.15. The van der Waals surface area contributed by atoms with E-state index in [1.165, 1.54) is 13.8 Å². The number of hydrogen-bond donors (Lipinski definition) is 0. The molecule has 0 saturated carbocycles. The first kappa shape index (κ1) is 18.5. The second-order valence-electron chi connectivity index (χ2n) is 4.37. The van der Waals surface area contributed by atoms with Gasteiger partial charge in [0.1, 0.15) is 0 Å². The largest absolute Gasteiger partial charge is 0.386 e. The van der Waals surface area contributed by atoms with E-state index in [1.54, 1.807) is 6.92 Å². The first-order valence-corrected chi connectivity index (χ1v) is 6.23. The van der Waals surface area contributed by atoms with Crippen molar-refractivity contribution in [3.8, 4) is 0 Å². The molecule has 0 radical (unpaired) electrons. The second kappa shape index (κ2) is 8.63. The summed E-state index contributed by atoms with van der Waals surface area (Å²) >= 11 is 0. The van der Waals surface area contributed by atoms with Crippen molar-refractivity contribution in [2.24, 2.45) is 0 Å². The molecule has 21 heavy (non-hydrogen) atoms. The van der Waals surface area contributed by atoms with Crippen LogP contribution in [0.3, 0.4) is 0 Å². The molecule has 0 saturated heterocycles. The number of carbonyl (C=O) groups is 4. The van der Waals surface area contributed by atoms with E-state index < -0.39 is 23.9 Å². The smallest absolute Gasteiger partial charge is 0.342 e. The molecular weight excluding hydrogens is 276 g/mol. The van der Waals surface area contributed by atoms with E-state index >= 15 is 0 Å². The predicted molar refractivity (Wildman–Crippen MR) is 74.8 cm³/mol. The topological polar surface area (TPSA) is 86.7 Å². The summed E-state index contributed by atoms with van der Waals surface area (Å²) in [5, 5.41) is 0. The highest BCUT2D eigenvalue weighted by Gasteiger charge is 2.18. The average molecular weight is 294 g/mol. The summed E-state index contributed by atoms with van der Waals surface area (Å²) in [6.45, 7) is 11.2. The average Bonchev–Trinajstić information content (AvgIpc) is 2.37. The molecule has 0 aliphatic heterocycles. The molecule has 0 rings (SSSR count). The summed E-state index contributed by atoms with van der Waals surface area (Å²) in [5.74, 6) is -3.76. The van der Waals surface area contributed by atoms with Crippen LogP contribution in [-0.4, -0.2) is 23.9 Å². The molecule has 0 spiro atoms. The maximum absolute atomic E-state index is 11.7. The van der Waals surface area contributed by atoms with Gasteiger partial charge in [-0.2, -0.15) is 0 Å². The summed E-state index contributed by atoms with van der Waals surface area (Å²) in [6, 6.07) is 0. The van der Waals surface area contributed by atoms with Gasteiger partial charge in [-0.25, -0.2) is 19.2 Å². The van der Waals surface area contributed by atoms with E-state index in [0.717, 1.165) is 6.08 Å². The molecular formula is C15H18O6. The van der Waals surface area contributed by atoms with Crippen molar-refractivity contribution in [2.75, 3.05) is 0 Å². The Balaban J connectivity index is 4.99. The molecule has 0 N–H and O–H groups in total. The monoisotopic (exact) mass is 294 g/mol. The van der Waals surface area contributed by atoms with E-state index in [9.17, 15) is 19.2 Å². The van der Waals surface area contributed by atoms with Crippen LogP contribution < -0.4 is 0 Å². The highest BCUT2D eigenvalue weighted by atomic mass is 16.6. The molecule has 0 aromatic rings. The van der Waals surface area contributed by atoms with Crippen molar-refractivity contribution < 1.29 is 28.7 Å². The van der Waals surface area contributed by atoms with Crippen LogP contribution in [-0.2, 0) is 28.7 Å². The van der Waals surface area contributed by atoms with Crippen LogP contribution in [0, 0.1) is 0 Å². The van der Waals surface area contributed by atoms with Gasteiger partial charge in [-0.1, -0.05) is 26.5 Å². The zero-order valence-electron chi connectivity index (χ0n) is 12.4. The van der Waals surface area contributed by atoms with Gasteiger partial charge < -0.3 is 9.47 Å². The van der Waals surface area contributed by atoms with Crippen LogP contribution in [0.2, 0.25) is 0 Å². The van der Waals surface area contributed by atoms with Crippen LogP contribution in [0.25, 0.3) is 0 Å². The van der Waals surface area contributed by atoms with Crippen molar-refractivity contribution in [1.29, 1.82) is 0 Å². The highest BCUT2D eigenvalue weighted by molar-refractivity contribution is 6.06. The van der Waals surface area contributed by atoms with Gasteiger partial charge in [-0.15, -0.1) is 0 Å². The van der Waals surface area contributed by atoms with Gasteiger partial charge >= 0.3 is 23.9 Å². The Morgan fingerprint density at radius 1 is 0.905 bits per heavy atom. The highest BCUT2D eigenvalue weighted by Crippen LogP contribution is 2.10. The van der Waals surface area contributed by atoms with Crippen molar-refractivity contribution in [1.82, 2.24) is 0 Å². The summed E-state index contributed by atoms with van der Waals surface area (Å²) in [6.07, 6.45) is 1.56. The van der Waals surface area contributed by atoms with Crippen LogP contribution in [0.15, 0.2) is 36.0 Å². The van der Waals surface area contributed by atoms with Gasteiger partial charge in [0.2, 0.25) is 0 Å². The molecule has 0 fully saturated rings. The molecule has 114 valence electrons. The number of carbonyl (C=O) groups excluding carboxylic acids is 4. The molecule has 0 atom stereocenters. The third-order valence-corrected chi connectivity index (χ3v) is 2.15. The predicted octanol–water partition coefficient (Wildman–Crippen LogP) is 2.00. The lowest BCUT2D eigenvalue weighted by molar-refractivity contribution is -0.156. The Kier molecular flexibility index (Phi) is 7.60. The lowest BCUT2D eigenvalue weighted by Gasteiger charge is -2.06. The standard InChI is InChI=1S/C15H18O6/c1-6-7-11(15(19)21-14(18)10(4)5)8-12(16)20-13(17)9(2)3/h8H,2,4,6-7H2,1,3,5H3. The van der Waals surface area contributed by atoms with E-state index in [0.29, 0.717) is 6.42 Å². The second-order valence-corrected chi connectivity index (χ2v) is 4.37. The molecule has 0 bridgehead atoms. The van der Waals surface area contributed by atoms with Gasteiger partial charge in [-0.3, -0.25) is 0 Å². The minimum Gasteiger partial charge on any atom is -0.386 e. The van der Waals surface area contributed by atoms with Crippen LogP contribution in [0.5, 0.6) is 0 Å². The fourth-order valence-corrected chi connectivity index (χ4v) is 1.09. The van der Waals surface area contributed by atoms with Gasteiger partial charge in [0.25, 0.3) is 0 Å². The van der Waals surface area contributed by atoms with E-state index in [1.807, 2.05) is 0 Å². The number of ether oxygens (including phenoxy) is 2. The third kappa shape index (κ3) is 7.00. The van der Waals surface area contributed by atoms with Crippen molar-refractivity contribution in [3.63, 3.8) is 0 Å². The maximum atomic E-state index is 11.7. The van der Waals surface area contributed by atoms with Crippen LogP contribution in [0.1, 0.15) is 33.6 Å². The summed E-state index contributed by atoms with van der Waals surface area (Å²) in [7, 11) is 0. The lowest BCUT2D eigenvalue weighted by atomic mass is 10.1. The Morgan fingerprint density at radius 2 is 1.38 bits per heavy atom. The van der Waals surface area contributed by atoms with Crippen LogP contribution >= 0.6 is 0 Å². The minimum absolute atomic E-state index is 0.0498. The van der Waals surface area contributed by atoms with E-state index in [4.69, 9.17) is 0 Å². The van der Waals surface area contributed by atoms with E-state index in [-0.39, 0.29) is 23.1 Å². The Bertz CT molecular complexity index is 524. The summed E-state index contributed by atoms with van der Waals surface area (Å²) < 4.78 is 8.95. The molecule has 0 amide bonds. The number of hydrogen-bond acceptors (Lipinski definition) is 6. The van der Waals surface area contributed by atoms with Crippen molar-refractivity contribution in [3.05, 3.63) is 36.0 Å². The fourth-order valence-electron chi connectivity index (χ4n) is 1.09. The molecule has 6 heteroatoms. The normalized spacial score (nSPS) is 10.5. The van der Waals surface area contributed by atoms with Crippen molar-refractivity contribution >= 4 is 23.9 Å². The zero-order valence-corrected chi connectivity index (χ0v) is 12.4. The minimum atomic E-state index is -1.02. The number of esters is 4. The quantitative estimate of drug-likeness (QED) is 0.423. The van der Waals surface area contributed by atoms with Gasteiger partial charge in [0.05, 0.1) is 0 Å². The Hall–Kier alpha value is -2.50. The fraction of sp³-hybridized carbons (Fsp3) is 0.333. The SMILES string of the molecule is C=C(C)C(=O)OC(=O)C=C(CCC)C(=O)OC(=O)C(=C)C. The molecule has 0 unspecified atom stereocenters. The van der Waals surface area contributed by atoms with Crippen molar-refractivity contribution in [2.45, 2.75) is 33.6 Å². The Labute approximate surface area is 123 Å².